The number of aromatic nitrogens is 3. The van der Waals surface area contributed by atoms with Crippen LogP contribution >= 0.6 is 0 Å². The lowest BCUT2D eigenvalue weighted by molar-refractivity contribution is 0.194. The number of hydrogen-bond acceptors (Lipinski definition) is 3. The molecular weight excluding hydrogens is 486 g/mol. The van der Waals surface area contributed by atoms with E-state index in [9.17, 15) is 4.79 Å². The van der Waals surface area contributed by atoms with Crippen molar-refractivity contribution in [3.8, 4) is 17.3 Å². The minimum atomic E-state index is -0.341. The Morgan fingerprint density at radius 3 is 2.44 bits per heavy atom. The molecule has 1 N–H and O–H groups in total. The second kappa shape index (κ2) is 9.83. The summed E-state index contributed by atoms with van der Waals surface area (Å²) >= 11 is 0. The minimum Gasteiger partial charge on any atom is -0.497 e. The van der Waals surface area contributed by atoms with Gasteiger partial charge in [-0.2, -0.15) is 5.10 Å². The molecule has 39 heavy (non-hydrogen) atoms. The third-order valence-electron chi connectivity index (χ3n) is 7.63. The topological polar surface area (TPSA) is 64.3 Å². The summed E-state index contributed by atoms with van der Waals surface area (Å²) in [5.41, 5.74) is 7.82. The standard InChI is InChI=1S/C32H31N5O2/c1-21-10-8-13-28(22(21)2)33-32(38)36-20-27-23(3)34-37(25-11-6-5-7-12-25)31(27)35-19-9-14-29(35)30(36)24-15-17-26(39-4)18-16-24/h5-19,30H,20H2,1-4H3,(H,33,38)/t30-/m0/s1. The number of amides is 2. The molecule has 1 aliphatic heterocycles. The lowest BCUT2D eigenvalue weighted by Crippen LogP contribution is -2.38. The summed E-state index contributed by atoms with van der Waals surface area (Å²) in [4.78, 5) is 16.1. The number of rotatable bonds is 4. The van der Waals surface area contributed by atoms with Crippen LogP contribution in [0.1, 0.15) is 39.7 Å². The van der Waals surface area contributed by atoms with Gasteiger partial charge in [-0.05, 0) is 79.9 Å². The monoisotopic (exact) mass is 517 g/mol. The Bertz CT molecular complexity index is 1650. The molecule has 6 rings (SSSR count). The van der Waals surface area contributed by atoms with Crippen LogP contribution < -0.4 is 10.1 Å². The van der Waals surface area contributed by atoms with Crippen LogP contribution in [0.2, 0.25) is 0 Å². The number of methoxy groups -OCH3 is 1. The zero-order chi connectivity index (χ0) is 27.1. The van der Waals surface area contributed by atoms with Crippen molar-refractivity contribution in [1.82, 2.24) is 19.2 Å². The first-order valence-electron chi connectivity index (χ1n) is 13.1. The molecule has 1 atom stereocenters. The van der Waals surface area contributed by atoms with Gasteiger partial charge in [0.05, 0.1) is 36.8 Å². The van der Waals surface area contributed by atoms with E-state index in [1.807, 2.05) is 96.2 Å². The molecule has 5 aromatic rings. The van der Waals surface area contributed by atoms with E-state index in [0.29, 0.717) is 6.54 Å². The van der Waals surface area contributed by atoms with Crippen LogP contribution in [0.5, 0.6) is 5.75 Å². The lowest BCUT2D eigenvalue weighted by atomic mass is 10.0. The second-order valence-electron chi connectivity index (χ2n) is 9.92. The molecule has 3 aromatic carbocycles. The van der Waals surface area contributed by atoms with Crippen molar-refractivity contribution in [2.24, 2.45) is 0 Å². The zero-order valence-electron chi connectivity index (χ0n) is 22.6. The lowest BCUT2D eigenvalue weighted by Gasteiger charge is -2.31. The first-order chi connectivity index (χ1) is 19.0. The quantitative estimate of drug-likeness (QED) is 0.287. The summed E-state index contributed by atoms with van der Waals surface area (Å²) < 4.78 is 9.57. The van der Waals surface area contributed by atoms with Crippen LogP contribution in [-0.4, -0.2) is 32.4 Å². The number of hydrogen-bond donors (Lipinski definition) is 1. The van der Waals surface area contributed by atoms with Crippen LogP contribution in [0, 0.1) is 20.8 Å². The molecule has 2 amide bonds. The largest absolute Gasteiger partial charge is 0.497 e. The van der Waals surface area contributed by atoms with Gasteiger partial charge in [0.25, 0.3) is 0 Å². The van der Waals surface area contributed by atoms with Gasteiger partial charge < -0.3 is 19.5 Å². The number of aryl methyl sites for hydroxylation is 2. The third kappa shape index (κ3) is 4.26. The highest BCUT2D eigenvalue weighted by molar-refractivity contribution is 5.91. The molecular formula is C32H31N5O2. The van der Waals surface area contributed by atoms with E-state index < -0.39 is 0 Å². The number of nitrogens with one attached hydrogen (secondary N) is 1. The Morgan fingerprint density at radius 2 is 1.69 bits per heavy atom. The van der Waals surface area contributed by atoms with Gasteiger partial charge in [-0.25, -0.2) is 9.48 Å². The Labute approximate surface area is 228 Å². The maximum atomic E-state index is 14.2. The van der Waals surface area contributed by atoms with Crippen molar-refractivity contribution >= 4 is 11.7 Å². The van der Waals surface area contributed by atoms with Gasteiger partial charge >= 0.3 is 6.03 Å². The number of benzene rings is 3. The highest BCUT2D eigenvalue weighted by Gasteiger charge is 2.36. The van der Waals surface area contributed by atoms with Gasteiger partial charge in [0, 0.05) is 17.4 Å². The van der Waals surface area contributed by atoms with E-state index in [0.717, 1.165) is 56.6 Å². The molecule has 7 heteroatoms. The average Bonchev–Trinajstić information content (AvgIpc) is 3.52. The van der Waals surface area contributed by atoms with E-state index in [1.54, 1.807) is 7.11 Å². The van der Waals surface area contributed by atoms with Crippen LogP contribution in [0.25, 0.3) is 11.5 Å². The Morgan fingerprint density at radius 1 is 0.923 bits per heavy atom. The number of fused-ring (bicyclic) bond motifs is 3. The fraction of sp³-hybridized carbons (Fsp3) is 0.188. The highest BCUT2D eigenvalue weighted by Crippen LogP contribution is 2.39. The predicted molar refractivity (Wildman–Crippen MR) is 153 cm³/mol. The summed E-state index contributed by atoms with van der Waals surface area (Å²) in [6.45, 7) is 6.49. The van der Waals surface area contributed by atoms with E-state index in [1.165, 1.54) is 0 Å². The van der Waals surface area contributed by atoms with Gasteiger partial charge in [0.2, 0.25) is 0 Å². The molecule has 7 nitrogen and oxygen atoms in total. The number of ether oxygens (including phenoxy) is 1. The maximum Gasteiger partial charge on any atom is 0.322 e. The normalized spacial score (nSPS) is 14.4. The fourth-order valence-corrected chi connectivity index (χ4v) is 5.36. The third-order valence-corrected chi connectivity index (χ3v) is 7.63. The van der Waals surface area contributed by atoms with Crippen LogP contribution in [0.3, 0.4) is 0 Å². The minimum absolute atomic E-state index is 0.169. The summed E-state index contributed by atoms with van der Waals surface area (Å²) in [5, 5.41) is 8.14. The van der Waals surface area contributed by atoms with Crippen molar-refractivity contribution in [3.63, 3.8) is 0 Å². The first-order valence-corrected chi connectivity index (χ1v) is 13.1. The smallest absolute Gasteiger partial charge is 0.322 e. The van der Waals surface area contributed by atoms with E-state index >= 15 is 0 Å². The molecule has 196 valence electrons. The molecule has 0 radical (unpaired) electrons. The van der Waals surface area contributed by atoms with Gasteiger partial charge in [-0.15, -0.1) is 0 Å². The molecule has 0 saturated carbocycles. The SMILES string of the molecule is COc1ccc([C@H]2c3cccn3-c3c(c(C)nn3-c3ccccc3)CN2C(=O)Nc2cccc(C)c2C)cc1. The van der Waals surface area contributed by atoms with E-state index in [-0.39, 0.29) is 12.1 Å². The van der Waals surface area contributed by atoms with Gasteiger partial charge in [0.1, 0.15) is 11.6 Å². The molecule has 0 spiro atoms. The van der Waals surface area contributed by atoms with Crippen molar-refractivity contribution in [1.29, 1.82) is 0 Å². The molecule has 0 fully saturated rings. The van der Waals surface area contributed by atoms with Crippen molar-refractivity contribution in [3.05, 3.63) is 125 Å². The Kier molecular flexibility index (Phi) is 6.19. The van der Waals surface area contributed by atoms with Crippen LogP contribution in [-0.2, 0) is 6.54 Å². The van der Waals surface area contributed by atoms with Crippen LogP contribution in [0.4, 0.5) is 10.5 Å². The highest BCUT2D eigenvalue weighted by atomic mass is 16.5. The summed E-state index contributed by atoms with van der Waals surface area (Å²) in [5.74, 6) is 1.72. The molecule has 2 aromatic heterocycles. The zero-order valence-corrected chi connectivity index (χ0v) is 22.6. The summed E-state index contributed by atoms with van der Waals surface area (Å²) in [7, 11) is 1.66. The summed E-state index contributed by atoms with van der Waals surface area (Å²) in [6, 6.07) is 27.6. The fourth-order valence-electron chi connectivity index (χ4n) is 5.36. The van der Waals surface area contributed by atoms with E-state index in [2.05, 4.69) is 35.1 Å². The average molecular weight is 518 g/mol. The van der Waals surface area contributed by atoms with Crippen molar-refractivity contribution in [2.45, 2.75) is 33.4 Å². The molecule has 0 saturated heterocycles. The number of nitrogens with zero attached hydrogens (tertiary/aromatic N) is 4. The maximum absolute atomic E-state index is 14.2. The number of carbonyl (C=O) groups is 1. The van der Waals surface area contributed by atoms with Gasteiger partial charge in [-0.1, -0.05) is 42.5 Å². The van der Waals surface area contributed by atoms with Crippen molar-refractivity contribution in [2.75, 3.05) is 12.4 Å². The Hall–Kier alpha value is -4.78. The summed E-state index contributed by atoms with van der Waals surface area (Å²) in [6.07, 6.45) is 2.05. The number of para-hydroxylation sites is 1. The van der Waals surface area contributed by atoms with E-state index in [4.69, 9.17) is 9.84 Å². The molecule has 1 aliphatic rings. The number of carbonyl (C=O) groups excluding carboxylic acids is 1. The predicted octanol–water partition coefficient (Wildman–Crippen LogP) is 6.73. The molecule has 3 heterocycles. The second-order valence-corrected chi connectivity index (χ2v) is 9.92. The van der Waals surface area contributed by atoms with Crippen molar-refractivity contribution < 1.29 is 9.53 Å². The number of urea groups is 1. The van der Waals surface area contributed by atoms with Gasteiger partial charge in [-0.3, -0.25) is 0 Å². The number of anilines is 1. The Balaban J connectivity index is 1.53. The first kappa shape index (κ1) is 24.6. The van der Waals surface area contributed by atoms with Gasteiger partial charge in [0.15, 0.2) is 0 Å². The molecule has 0 aliphatic carbocycles. The molecule has 0 bridgehead atoms. The molecule has 0 unspecified atom stereocenters. The van der Waals surface area contributed by atoms with Crippen LogP contribution in [0.15, 0.2) is 91.1 Å².